The van der Waals surface area contributed by atoms with E-state index in [0.29, 0.717) is 11.7 Å². The highest BCUT2D eigenvalue weighted by atomic mass is 16.5. The van der Waals surface area contributed by atoms with E-state index in [1.165, 1.54) is 7.11 Å². The zero-order valence-electron chi connectivity index (χ0n) is 12.9. The Morgan fingerprint density at radius 2 is 2.33 bits per heavy atom. The van der Waals surface area contributed by atoms with Crippen LogP contribution in [0.15, 0.2) is 18.3 Å². The molecule has 0 radical (unpaired) electrons. The first-order valence-corrected chi connectivity index (χ1v) is 7.60. The Hall–Kier alpha value is -1.46. The molecule has 116 valence electrons. The van der Waals surface area contributed by atoms with Crippen molar-refractivity contribution in [3.63, 3.8) is 0 Å². The van der Waals surface area contributed by atoms with Gasteiger partial charge in [0.1, 0.15) is 0 Å². The third kappa shape index (κ3) is 4.79. The number of pyridine rings is 1. The second-order valence-corrected chi connectivity index (χ2v) is 5.40. The number of aromatic nitrogens is 1. The van der Waals surface area contributed by atoms with Crippen LogP contribution in [0.4, 0.5) is 0 Å². The summed E-state index contributed by atoms with van der Waals surface area (Å²) in [6.07, 6.45) is 5.29. The number of hydrogen-bond donors (Lipinski definition) is 0. The van der Waals surface area contributed by atoms with Crippen molar-refractivity contribution in [2.75, 3.05) is 26.8 Å². The summed E-state index contributed by atoms with van der Waals surface area (Å²) in [6.45, 7) is 5.80. The van der Waals surface area contributed by atoms with E-state index in [9.17, 15) is 4.79 Å². The van der Waals surface area contributed by atoms with Gasteiger partial charge in [-0.15, -0.1) is 0 Å². The molecule has 1 aliphatic rings. The van der Waals surface area contributed by atoms with Gasteiger partial charge in [0.2, 0.25) is 0 Å². The molecule has 0 saturated carbocycles. The van der Waals surface area contributed by atoms with Crippen molar-refractivity contribution in [2.45, 2.75) is 38.8 Å². The molecule has 1 atom stereocenters. The Kier molecular flexibility index (Phi) is 6.14. The van der Waals surface area contributed by atoms with Gasteiger partial charge in [-0.25, -0.2) is 4.79 Å². The minimum Gasteiger partial charge on any atom is -0.465 e. The van der Waals surface area contributed by atoms with Crippen LogP contribution in [0.3, 0.4) is 0 Å². The summed E-state index contributed by atoms with van der Waals surface area (Å²) in [5.41, 5.74) is 1.46. The molecule has 2 rings (SSSR count). The van der Waals surface area contributed by atoms with Crippen molar-refractivity contribution in [3.05, 3.63) is 29.6 Å². The summed E-state index contributed by atoms with van der Waals surface area (Å²) in [7, 11) is 1.38. The lowest BCUT2D eigenvalue weighted by molar-refractivity contribution is -0.00252. The second-order valence-electron chi connectivity index (χ2n) is 5.40. The van der Waals surface area contributed by atoms with E-state index in [1.54, 1.807) is 12.3 Å². The molecular formula is C16H24N2O3. The standard InChI is InChI=1S/C16H24N2O3/c1-3-9-21-15-5-4-8-18(12-15)11-14-7-6-13(10-17-14)16(19)20-2/h6-7,10,15H,3-5,8-9,11-12H2,1-2H3. The largest absolute Gasteiger partial charge is 0.465 e. The molecule has 1 saturated heterocycles. The van der Waals surface area contributed by atoms with Crippen molar-refractivity contribution >= 4 is 5.97 Å². The van der Waals surface area contributed by atoms with Gasteiger partial charge in [0, 0.05) is 25.9 Å². The van der Waals surface area contributed by atoms with Crippen molar-refractivity contribution in [2.24, 2.45) is 0 Å². The zero-order valence-corrected chi connectivity index (χ0v) is 12.9. The molecule has 21 heavy (non-hydrogen) atoms. The number of likely N-dealkylation sites (tertiary alicyclic amines) is 1. The topological polar surface area (TPSA) is 51.7 Å². The number of esters is 1. The summed E-state index contributed by atoms with van der Waals surface area (Å²) in [5, 5.41) is 0. The predicted octanol–water partition coefficient (Wildman–Crippen LogP) is 2.26. The molecule has 1 aromatic heterocycles. The highest BCUT2D eigenvalue weighted by molar-refractivity contribution is 5.88. The van der Waals surface area contributed by atoms with Gasteiger partial charge < -0.3 is 9.47 Å². The van der Waals surface area contributed by atoms with Gasteiger partial charge in [-0.2, -0.15) is 0 Å². The quantitative estimate of drug-likeness (QED) is 0.753. The molecular weight excluding hydrogens is 268 g/mol. The van der Waals surface area contributed by atoms with Crippen LogP contribution in [0.2, 0.25) is 0 Å². The third-order valence-electron chi connectivity index (χ3n) is 3.65. The van der Waals surface area contributed by atoms with E-state index in [1.807, 2.05) is 6.07 Å². The number of methoxy groups -OCH3 is 1. The molecule has 1 aliphatic heterocycles. The highest BCUT2D eigenvalue weighted by Crippen LogP contribution is 2.16. The fourth-order valence-corrected chi connectivity index (χ4v) is 2.56. The number of nitrogens with zero attached hydrogens (tertiary/aromatic N) is 2. The Morgan fingerprint density at radius 3 is 3.00 bits per heavy atom. The lowest BCUT2D eigenvalue weighted by atomic mass is 10.1. The Labute approximate surface area is 126 Å². The molecule has 0 bridgehead atoms. The number of carbonyl (C=O) groups excluding carboxylic acids is 1. The van der Waals surface area contributed by atoms with Crippen LogP contribution in [0.1, 0.15) is 42.2 Å². The molecule has 0 spiro atoms. The monoisotopic (exact) mass is 292 g/mol. The minimum atomic E-state index is -0.347. The summed E-state index contributed by atoms with van der Waals surface area (Å²) in [5.74, 6) is -0.347. The number of hydrogen-bond acceptors (Lipinski definition) is 5. The van der Waals surface area contributed by atoms with E-state index in [2.05, 4.69) is 21.5 Å². The fourth-order valence-electron chi connectivity index (χ4n) is 2.56. The van der Waals surface area contributed by atoms with Gasteiger partial charge in [-0.05, 0) is 37.9 Å². The molecule has 5 heteroatoms. The number of rotatable bonds is 6. The maximum Gasteiger partial charge on any atom is 0.339 e. The Bertz CT molecular complexity index is 447. The zero-order chi connectivity index (χ0) is 15.1. The normalized spacial score (nSPS) is 19.4. The molecule has 5 nitrogen and oxygen atoms in total. The molecule has 1 unspecified atom stereocenters. The van der Waals surface area contributed by atoms with Crippen LogP contribution in [0, 0.1) is 0 Å². The van der Waals surface area contributed by atoms with Crippen molar-refractivity contribution < 1.29 is 14.3 Å². The smallest absolute Gasteiger partial charge is 0.339 e. The summed E-state index contributed by atoms with van der Waals surface area (Å²) in [4.78, 5) is 18.1. The van der Waals surface area contributed by atoms with Gasteiger partial charge in [-0.3, -0.25) is 9.88 Å². The van der Waals surface area contributed by atoms with Gasteiger partial charge >= 0.3 is 5.97 Å². The number of ether oxygens (including phenoxy) is 2. The van der Waals surface area contributed by atoms with E-state index in [0.717, 1.165) is 51.2 Å². The van der Waals surface area contributed by atoms with Crippen LogP contribution < -0.4 is 0 Å². The van der Waals surface area contributed by atoms with Gasteiger partial charge in [0.15, 0.2) is 0 Å². The van der Waals surface area contributed by atoms with Crippen LogP contribution in [-0.2, 0) is 16.0 Å². The van der Waals surface area contributed by atoms with Crippen LogP contribution in [0.5, 0.6) is 0 Å². The maximum absolute atomic E-state index is 11.4. The Balaban J connectivity index is 1.87. The van der Waals surface area contributed by atoms with Crippen molar-refractivity contribution in [3.8, 4) is 0 Å². The van der Waals surface area contributed by atoms with E-state index in [-0.39, 0.29) is 5.97 Å². The lowest BCUT2D eigenvalue weighted by Crippen LogP contribution is -2.39. The lowest BCUT2D eigenvalue weighted by Gasteiger charge is -2.32. The molecule has 0 N–H and O–H groups in total. The molecule has 0 aromatic carbocycles. The minimum absolute atomic E-state index is 0.341. The van der Waals surface area contributed by atoms with Crippen molar-refractivity contribution in [1.29, 1.82) is 0 Å². The first-order chi connectivity index (χ1) is 10.2. The summed E-state index contributed by atoms with van der Waals surface area (Å²) in [6, 6.07) is 3.66. The second kappa shape index (κ2) is 8.10. The average molecular weight is 292 g/mol. The summed E-state index contributed by atoms with van der Waals surface area (Å²) < 4.78 is 10.5. The SMILES string of the molecule is CCCOC1CCCN(Cc2ccc(C(=O)OC)cn2)C1. The molecule has 2 heterocycles. The first kappa shape index (κ1) is 15.9. The van der Waals surface area contributed by atoms with E-state index < -0.39 is 0 Å². The maximum atomic E-state index is 11.4. The highest BCUT2D eigenvalue weighted by Gasteiger charge is 2.20. The molecule has 1 aromatic rings. The van der Waals surface area contributed by atoms with Crippen LogP contribution >= 0.6 is 0 Å². The summed E-state index contributed by atoms with van der Waals surface area (Å²) >= 11 is 0. The van der Waals surface area contributed by atoms with Gasteiger partial charge in [0.25, 0.3) is 0 Å². The fraction of sp³-hybridized carbons (Fsp3) is 0.625. The van der Waals surface area contributed by atoms with Crippen molar-refractivity contribution in [1.82, 2.24) is 9.88 Å². The van der Waals surface area contributed by atoms with E-state index in [4.69, 9.17) is 4.74 Å². The average Bonchev–Trinajstić information content (AvgIpc) is 2.53. The predicted molar refractivity (Wildman–Crippen MR) is 80.1 cm³/mol. The molecule has 0 aliphatic carbocycles. The number of carbonyl (C=O) groups is 1. The molecule has 0 amide bonds. The van der Waals surface area contributed by atoms with Crippen LogP contribution in [0.25, 0.3) is 0 Å². The molecule has 1 fully saturated rings. The third-order valence-corrected chi connectivity index (χ3v) is 3.65. The van der Waals surface area contributed by atoms with E-state index >= 15 is 0 Å². The number of piperidine rings is 1. The first-order valence-electron chi connectivity index (χ1n) is 7.60. The Morgan fingerprint density at radius 1 is 1.48 bits per heavy atom. The van der Waals surface area contributed by atoms with Gasteiger partial charge in [-0.1, -0.05) is 6.92 Å². The van der Waals surface area contributed by atoms with Crippen LogP contribution in [-0.4, -0.2) is 48.8 Å². The van der Waals surface area contributed by atoms with Gasteiger partial charge in [0.05, 0.1) is 24.5 Å².